The number of aliphatic hydroxyl groups excluding tert-OH is 1. The first-order chi connectivity index (χ1) is 48.2. The summed E-state index contributed by atoms with van der Waals surface area (Å²) in [6.07, 6.45) is 56.9. The fourth-order valence-corrected chi connectivity index (χ4v) is 13.9. The Morgan fingerprint density at radius 2 is 0.480 bits per heavy atom. The molecule has 19 heteroatoms. The van der Waals surface area contributed by atoms with Crippen molar-refractivity contribution in [3.05, 3.63) is 0 Å². The molecule has 100 heavy (non-hydrogen) atoms. The predicted molar refractivity (Wildman–Crippen MR) is 409 cm³/mol. The number of unbranched alkanes of at least 4 members (excludes halogenated alkanes) is 42. The second-order valence-electron chi connectivity index (χ2n) is 30.6. The smallest absolute Gasteiger partial charge is 0.462 e. The molecule has 3 N–H and O–H groups in total. The third kappa shape index (κ3) is 71.7. The van der Waals surface area contributed by atoms with Crippen LogP contribution < -0.4 is 0 Å². The molecular formula is C81H158O17P2. The molecule has 0 aromatic rings. The Balaban J connectivity index is 5.21. The second-order valence-corrected chi connectivity index (χ2v) is 33.5. The molecule has 7 atom stereocenters. The molecule has 0 amide bonds. The highest BCUT2D eigenvalue weighted by molar-refractivity contribution is 7.47. The Bertz CT molecular complexity index is 1960. The van der Waals surface area contributed by atoms with Crippen LogP contribution in [0, 0.1) is 23.7 Å². The van der Waals surface area contributed by atoms with E-state index in [1.807, 2.05) is 0 Å². The molecule has 0 aliphatic carbocycles. The van der Waals surface area contributed by atoms with E-state index < -0.39 is 97.5 Å². The zero-order chi connectivity index (χ0) is 73.8. The first-order valence-electron chi connectivity index (χ1n) is 41.8. The van der Waals surface area contributed by atoms with Crippen molar-refractivity contribution in [1.82, 2.24) is 0 Å². The molecule has 0 rings (SSSR count). The highest BCUT2D eigenvalue weighted by atomic mass is 31.2. The van der Waals surface area contributed by atoms with Gasteiger partial charge in [-0.3, -0.25) is 37.3 Å². The Morgan fingerprint density at radius 3 is 0.710 bits per heavy atom. The van der Waals surface area contributed by atoms with Crippen LogP contribution in [0.5, 0.6) is 0 Å². The van der Waals surface area contributed by atoms with Gasteiger partial charge in [-0.15, -0.1) is 0 Å². The number of aliphatic hydroxyl groups is 1. The maximum absolute atomic E-state index is 13.1. The Labute approximate surface area is 613 Å². The van der Waals surface area contributed by atoms with Crippen molar-refractivity contribution in [3.8, 4) is 0 Å². The Kier molecular flexibility index (Phi) is 68.7. The third-order valence-corrected chi connectivity index (χ3v) is 21.4. The van der Waals surface area contributed by atoms with Crippen LogP contribution in [0.4, 0.5) is 0 Å². The van der Waals surface area contributed by atoms with E-state index in [1.54, 1.807) is 0 Å². The van der Waals surface area contributed by atoms with E-state index in [0.717, 1.165) is 114 Å². The van der Waals surface area contributed by atoms with Crippen LogP contribution in [0.25, 0.3) is 0 Å². The minimum absolute atomic E-state index is 0.106. The van der Waals surface area contributed by atoms with Crippen molar-refractivity contribution in [2.45, 2.75) is 433 Å². The summed E-state index contributed by atoms with van der Waals surface area (Å²) in [5.41, 5.74) is 0. The molecule has 0 aliphatic rings. The number of carbonyl (C=O) groups is 4. The Hall–Kier alpha value is -1.94. The molecule has 0 saturated heterocycles. The quantitative estimate of drug-likeness (QED) is 0.0222. The highest BCUT2D eigenvalue weighted by Gasteiger charge is 2.30. The standard InChI is InChI=1S/C81H158O17P2/c1-9-73(7)59-51-43-34-28-22-18-15-16-19-23-30-36-45-53-61-78(83)91-67-76(97-81(86)64-56-48-38-32-26-25-29-35-44-52-60-74(8)10-2)69-95-99(87,88)93-65-75(82)66-94-100(89,90)96-70-77(68-92-79(84)62-54-46-40-39-42-50-58-72(5)6)98-80(85)63-55-47-37-31-24-20-14-12-11-13-17-21-27-33-41-49-57-71(3)4/h71-77,82H,9-70H2,1-8H3,(H,87,88)(H,89,90)/t73?,74?,75?,76-,77-/m1/s1. The van der Waals surface area contributed by atoms with Crippen molar-refractivity contribution in [2.24, 2.45) is 23.7 Å². The number of carbonyl (C=O) groups excluding carboxylic acids is 4. The third-order valence-electron chi connectivity index (χ3n) is 19.5. The van der Waals surface area contributed by atoms with Crippen LogP contribution in [0.15, 0.2) is 0 Å². The fraction of sp³-hybridized carbons (Fsp3) is 0.951. The van der Waals surface area contributed by atoms with E-state index in [2.05, 4.69) is 55.4 Å². The number of phosphoric ester groups is 2. The number of esters is 4. The summed E-state index contributed by atoms with van der Waals surface area (Å²) in [6, 6.07) is 0. The SMILES string of the molecule is CCC(C)CCCCCCCCCCCCCCCCC(=O)OC[C@H](COP(=O)(O)OCC(O)COP(=O)(O)OC[C@@H](COC(=O)CCCCCCCCC(C)C)OC(=O)CCCCCCCCCCCCCCCCCCC(C)C)OC(=O)CCCCCCCCCCCCC(C)CC. The number of phosphoric acid groups is 2. The lowest BCUT2D eigenvalue weighted by molar-refractivity contribution is -0.161. The molecule has 0 aromatic heterocycles. The van der Waals surface area contributed by atoms with Gasteiger partial charge in [0.2, 0.25) is 0 Å². The second kappa shape index (κ2) is 70.1. The molecule has 5 unspecified atom stereocenters. The summed E-state index contributed by atoms with van der Waals surface area (Å²) in [5, 5.41) is 10.6. The number of hydrogen-bond donors (Lipinski definition) is 3. The van der Waals surface area contributed by atoms with E-state index >= 15 is 0 Å². The molecule has 0 spiro atoms. The molecular weight excluding hydrogens is 1310 g/mol. The number of hydrogen-bond acceptors (Lipinski definition) is 15. The molecule has 0 heterocycles. The lowest BCUT2D eigenvalue weighted by atomic mass is 9.99. The minimum atomic E-state index is -4.96. The van der Waals surface area contributed by atoms with Gasteiger partial charge in [0.25, 0.3) is 0 Å². The maximum Gasteiger partial charge on any atom is 0.472 e. The lowest BCUT2D eigenvalue weighted by Gasteiger charge is -2.21. The molecule has 17 nitrogen and oxygen atoms in total. The molecule has 0 radical (unpaired) electrons. The highest BCUT2D eigenvalue weighted by Crippen LogP contribution is 2.45. The van der Waals surface area contributed by atoms with Crippen LogP contribution in [-0.2, 0) is 65.4 Å². The van der Waals surface area contributed by atoms with E-state index in [-0.39, 0.29) is 25.7 Å². The van der Waals surface area contributed by atoms with Crippen molar-refractivity contribution in [1.29, 1.82) is 0 Å². The largest absolute Gasteiger partial charge is 0.472 e. The van der Waals surface area contributed by atoms with Gasteiger partial charge in [-0.1, -0.05) is 364 Å². The first kappa shape index (κ1) is 98.1. The molecule has 0 aromatic carbocycles. The van der Waals surface area contributed by atoms with Gasteiger partial charge in [0, 0.05) is 25.7 Å². The normalized spacial score (nSPS) is 14.6. The summed E-state index contributed by atoms with van der Waals surface area (Å²) >= 11 is 0. The van der Waals surface area contributed by atoms with Crippen molar-refractivity contribution in [2.75, 3.05) is 39.6 Å². The predicted octanol–water partition coefficient (Wildman–Crippen LogP) is 24.0. The summed E-state index contributed by atoms with van der Waals surface area (Å²) in [4.78, 5) is 73.0. The fourth-order valence-electron chi connectivity index (χ4n) is 12.4. The molecule has 0 aliphatic heterocycles. The Morgan fingerprint density at radius 1 is 0.280 bits per heavy atom. The minimum Gasteiger partial charge on any atom is -0.462 e. The average molecular weight is 1470 g/mol. The van der Waals surface area contributed by atoms with Crippen LogP contribution in [0.3, 0.4) is 0 Å². The van der Waals surface area contributed by atoms with E-state index in [4.69, 9.17) is 37.0 Å². The van der Waals surface area contributed by atoms with Crippen molar-refractivity contribution < 1.29 is 80.2 Å². The van der Waals surface area contributed by atoms with Crippen LogP contribution in [-0.4, -0.2) is 96.7 Å². The van der Waals surface area contributed by atoms with Crippen molar-refractivity contribution >= 4 is 39.5 Å². The molecule has 0 bridgehead atoms. The first-order valence-corrected chi connectivity index (χ1v) is 44.8. The van der Waals surface area contributed by atoms with E-state index in [1.165, 1.54) is 212 Å². The van der Waals surface area contributed by atoms with Gasteiger partial charge >= 0.3 is 39.5 Å². The van der Waals surface area contributed by atoms with Gasteiger partial charge in [0.05, 0.1) is 26.4 Å². The average Bonchev–Trinajstić information content (AvgIpc) is 0.926. The summed E-state index contributed by atoms with van der Waals surface area (Å²) < 4.78 is 68.7. The van der Waals surface area contributed by atoms with Crippen LogP contribution >= 0.6 is 15.6 Å². The summed E-state index contributed by atoms with van der Waals surface area (Å²) in [5.74, 6) is 1.03. The molecule has 0 saturated carbocycles. The van der Waals surface area contributed by atoms with Gasteiger partial charge in [-0.2, -0.15) is 0 Å². The van der Waals surface area contributed by atoms with Crippen LogP contribution in [0.2, 0.25) is 0 Å². The molecule has 594 valence electrons. The van der Waals surface area contributed by atoms with Crippen LogP contribution in [0.1, 0.15) is 415 Å². The summed E-state index contributed by atoms with van der Waals surface area (Å²) in [6.45, 7) is 14.3. The number of ether oxygens (including phenoxy) is 4. The van der Waals surface area contributed by atoms with E-state index in [9.17, 15) is 43.2 Å². The lowest BCUT2D eigenvalue weighted by Crippen LogP contribution is -2.30. The maximum atomic E-state index is 13.1. The van der Waals surface area contributed by atoms with Gasteiger partial charge < -0.3 is 33.8 Å². The van der Waals surface area contributed by atoms with E-state index in [0.29, 0.717) is 31.6 Å². The number of rotatable bonds is 78. The zero-order valence-corrected chi connectivity index (χ0v) is 67.6. The van der Waals surface area contributed by atoms with Crippen molar-refractivity contribution in [3.63, 3.8) is 0 Å². The monoisotopic (exact) mass is 1470 g/mol. The zero-order valence-electron chi connectivity index (χ0n) is 65.8. The van der Waals surface area contributed by atoms with Gasteiger partial charge in [0.1, 0.15) is 19.3 Å². The topological polar surface area (TPSA) is 237 Å². The van der Waals surface area contributed by atoms with Gasteiger partial charge in [-0.25, -0.2) is 9.13 Å². The molecule has 0 fully saturated rings. The van der Waals surface area contributed by atoms with Gasteiger partial charge in [-0.05, 0) is 49.4 Å². The van der Waals surface area contributed by atoms with Gasteiger partial charge in [0.15, 0.2) is 12.2 Å². The summed E-state index contributed by atoms with van der Waals surface area (Å²) in [7, 11) is -9.92.